The van der Waals surface area contributed by atoms with Crippen LogP contribution in [0.15, 0.2) is 54.6 Å². The predicted molar refractivity (Wildman–Crippen MR) is 95.3 cm³/mol. The van der Waals surface area contributed by atoms with E-state index in [9.17, 15) is 8.42 Å². The van der Waals surface area contributed by atoms with Crippen LogP contribution in [-0.4, -0.2) is 38.5 Å². The van der Waals surface area contributed by atoms with Crippen molar-refractivity contribution < 1.29 is 13.2 Å². The van der Waals surface area contributed by atoms with Crippen molar-refractivity contribution >= 4 is 10.0 Å². The number of hydrogen-bond acceptors (Lipinski definition) is 3. The number of aryl methyl sites for hydroxylation is 1. The standard InChI is InChI=1S/C19H23NO3S/c1-16-7-9-18(10-8-16)15-24(21,22)20-11-12-23-14-19(20)13-17-5-3-2-4-6-17/h2-10,19H,11-15H2,1H3. The average Bonchev–Trinajstić information content (AvgIpc) is 2.58. The molecule has 1 aliphatic heterocycles. The summed E-state index contributed by atoms with van der Waals surface area (Å²) in [5.74, 6) is 0.0402. The van der Waals surface area contributed by atoms with Crippen molar-refractivity contribution in [2.24, 2.45) is 0 Å². The smallest absolute Gasteiger partial charge is 0.218 e. The van der Waals surface area contributed by atoms with Crippen molar-refractivity contribution in [3.63, 3.8) is 0 Å². The van der Waals surface area contributed by atoms with Gasteiger partial charge < -0.3 is 4.74 Å². The molecule has 1 heterocycles. The summed E-state index contributed by atoms with van der Waals surface area (Å²) in [5, 5.41) is 0. The number of rotatable bonds is 5. The van der Waals surface area contributed by atoms with Crippen molar-refractivity contribution in [3.8, 4) is 0 Å². The highest BCUT2D eigenvalue weighted by Crippen LogP contribution is 2.20. The maximum absolute atomic E-state index is 12.9. The zero-order chi connectivity index (χ0) is 17.0. The molecule has 0 saturated carbocycles. The number of nitrogens with zero attached hydrogens (tertiary/aromatic N) is 1. The average molecular weight is 345 g/mol. The molecule has 1 saturated heterocycles. The molecular formula is C19H23NO3S. The van der Waals surface area contributed by atoms with Crippen LogP contribution >= 0.6 is 0 Å². The summed E-state index contributed by atoms with van der Waals surface area (Å²) >= 11 is 0. The van der Waals surface area contributed by atoms with Crippen molar-refractivity contribution in [1.82, 2.24) is 4.31 Å². The van der Waals surface area contributed by atoms with Gasteiger partial charge in [0, 0.05) is 6.54 Å². The van der Waals surface area contributed by atoms with E-state index in [1.807, 2.05) is 61.5 Å². The Balaban J connectivity index is 1.77. The van der Waals surface area contributed by atoms with Crippen molar-refractivity contribution in [2.45, 2.75) is 25.1 Å². The van der Waals surface area contributed by atoms with Crippen molar-refractivity contribution in [2.75, 3.05) is 19.8 Å². The summed E-state index contributed by atoms with van der Waals surface area (Å²) in [6.07, 6.45) is 0.675. The topological polar surface area (TPSA) is 46.6 Å². The van der Waals surface area contributed by atoms with Crippen LogP contribution in [0.4, 0.5) is 0 Å². The lowest BCUT2D eigenvalue weighted by molar-refractivity contribution is 0.0327. The summed E-state index contributed by atoms with van der Waals surface area (Å²) in [4.78, 5) is 0. The van der Waals surface area contributed by atoms with Gasteiger partial charge in [-0.05, 0) is 24.5 Å². The molecule has 0 bridgehead atoms. The molecule has 24 heavy (non-hydrogen) atoms. The van der Waals surface area contributed by atoms with Gasteiger partial charge in [-0.15, -0.1) is 0 Å². The highest BCUT2D eigenvalue weighted by Gasteiger charge is 2.32. The van der Waals surface area contributed by atoms with Crippen LogP contribution in [0, 0.1) is 6.92 Å². The van der Waals surface area contributed by atoms with Gasteiger partial charge in [0.25, 0.3) is 0 Å². The lowest BCUT2D eigenvalue weighted by Gasteiger charge is -2.34. The maximum atomic E-state index is 12.9. The fourth-order valence-electron chi connectivity index (χ4n) is 3.03. The van der Waals surface area contributed by atoms with Gasteiger partial charge in [-0.3, -0.25) is 0 Å². The largest absolute Gasteiger partial charge is 0.378 e. The van der Waals surface area contributed by atoms with Gasteiger partial charge in [-0.25, -0.2) is 8.42 Å². The summed E-state index contributed by atoms with van der Waals surface area (Å²) in [5.41, 5.74) is 3.08. The van der Waals surface area contributed by atoms with E-state index < -0.39 is 10.0 Å². The van der Waals surface area contributed by atoms with Gasteiger partial charge in [0.2, 0.25) is 10.0 Å². The molecule has 0 spiro atoms. The third-order valence-corrected chi connectivity index (χ3v) is 6.21. The number of sulfonamides is 1. The first-order chi connectivity index (χ1) is 11.5. The fraction of sp³-hybridized carbons (Fsp3) is 0.368. The highest BCUT2D eigenvalue weighted by atomic mass is 32.2. The molecule has 0 aromatic heterocycles. The molecular weight excluding hydrogens is 322 g/mol. The van der Waals surface area contributed by atoms with Gasteiger partial charge >= 0.3 is 0 Å². The van der Waals surface area contributed by atoms with Crippen LogP contribution < -0.4 is 0 Å². The second-order valence-electron chi connectivity index (χ2n) is 6.27. The van der Waals surface area contributed by atoms with Crippen LogP contribution in [0.1, 0.15) is 16.7 Å². The molecule has 5 heteroatoms. The van der Waals surface area contributed by atoms with Crippen LogP contribution in [0.2, 0.25) is 0 Å². The molecule has 1 unspecified atom stereocenters. The van der Waals surface area contributed by atoms with Crippen LogP contribution in [0.5, 0.6) is 0 Å². The lowest BCUT2D eigenvalue weighted by atomic mass is 10.1. The minimum absolute atomic E-state index is 0.0402. The third-order valence-electron chi connectivity index (χ3n) is 4.31. The van der Waals surface area contributed by atoms with Crippen LogP contribution in [0.25, 0.3) is 0 Å². The molecule has 0 N–H and O–H groups in total. The van der Waals surface area contributed by atoms with Crippen LogP contribution in [0.3, 0.4) is 0 Å². The van der Waals surface area contributed by atoms with Gasteiger partial charge in [-0.1, -0.05) is 60.2 Å². The molecule has 0 aliphatic carbocycles. The Morgan fingerprint density at radius 1 is 1.04 bits per heavy atom. The number of benzene rings is 2. The number of ether oxygens (including phenoxy) is 1. The Bertz CT molecular complexity index is 757. The van der Waals surface area contributed by atoms with Crippen LogP contribution in [-0.2, 0) is 26.9 Å². The van der Waals surface area contributed by atoms with Crippen molar-refractivity contribution in [1.29, 1.82) is 0 Å². The Morgan fingerprint density at radius 2 is 1.75 bits per heavy atom. The zero-order valence-electron chi connectivity index (χ0n) is 13.9. The molecule has 128 valence electrons. The van der Waals surface area contributed by atoms with E-state index in [1.165, 1.54) is 0 Å². The van der Waals surface area contributed by atoms with Gasteiger partial charge in [0.05, 0.1) is 25.0 Å². The Labute approximate surface area is 144 Å². The minimum atomic E-state index is -3.37. The predicted octanol–water partition coefficient (Wildman–Crippen LogP) is 2.77. The second-order valence-corrected chi connectivity index (χ2v) is 8.19. The first kappa shape index (κ1) is 17.1. The van der Waals surface area contributed by atoms with E-state index in [0.29, 0.717) is 26.2 Å². The van der Waals surface area contributed by atoms with Crippen molar-refractivity contribution in [3.05, 3.63) is 71.3 Å². The molecule has 2 aromatic rings. The Hall–Kier alpha value is -1.69. The first-order valence-electron chi connectivity index (χ1n) is 8.21. The van der Waals surface area contributed by atoms with E-state index in [4.69, 9.17) is 4.74 Å². The fourth-order valence-corrected chi connectivity index (χ4v) is 4.75. The lowest BCUT2D eigenvalue weighted by Crippen LogP contribution is -2.49. The highest BCUT2D eigenvalue weighted by molar-refractivity contribution is 7.88. The normalized spacial score (nSPS) is 19.3. The molecule has 1 aliphatic rings. The maximum Gasteiger partial charge on any atom is 0.218 e. The molecule has 0 radical (unpaired) electrons. The van der Waals surface area contributed by atoms with Gasteiger partial charge in [-0.2, -0.15) is 4.31 Å². The summed E-state index contributed by atoms with van der Waals surface area (Å²) in [6.45, 7) is 3.32. The SMILES string of the molecule is Cc1ccc(CS(=O)(=O)N2CCOCC2Cc2ccccc2)cc1. The first-order valence-corrected chi connectivity index (χ1v) is 9.82. The second kappa shape index (κ2) is 7.47. The van der Waals surface area contributed by atoms with E-state index in [0.717, 1.165) is 16.7 Å². The van der Waals surface area contributed by atoms with E-state index >= 15 is 0 Å². The minimum Gasteiger partial charge on any atom is -0.378 e. The molecule has 1 atom stereocenters. The van der Waals surface area contributed by atoms with E-state index in [1.54, 1.807) is 4.31 Å². The number of hydrogen-bond donors (Lipinski definition) is 0. The summed E-state index contributed by atoms with van der Waals surface area (Å²) < 4.78 is 33.0. The monoisotopic (exact) mass is 345 g/mol. The van der Waals surface area contributed by atoms with E-state index in [2.05, 4.69) is 0 Å². The molecule has 1 fully saturated rings. The summed E-state index contributed by atoms with van der Waals surface area (Å²) in [6, 6.07) is 17.5. The Morgan fingerprint density at radius 3 is 2.46 bits per heavy atom. The number of morpholine rings is 1. The molecule has 4 nitrogen and oxygen atoms in total. The van der Waals surface area contributed by atoms with Gasteiger partial charge in [0.1, 0.15) is 0 Å². The molecule has 2 aromatic carbocycles. The third kappa shape index (κ3) is 4.23. The van der Waals surface area contributed by atoms with E-state index in [-0.39, 0.29) is 11.8 Å². The summed E-state index contributed by atoms with van der Waals surface area (Å²) in [7, 11) is -3.37. The van der Waals surface area contributed by atoms with Gasteiger partial charge in [0.15, 0.2) is 0 Å². The quantitative estimate of drug-likeness (QED) is 0.837. The molecule has 0 amide bonds. The molecule has 3 rings (SSSR count). The Kier molecular flexibility index (Phi) is 5.33. The zero-order valence-corrected chi connectivity index (χ0v) is 14.7.